The van der Waals surface area contributed by atoms with E-state index >= 15 is 0 Å². The lowest BCUT2D eigenvalue weighted by Gasteiger charge is -2.29. The number of benzene rings is 1. The minimum absolute atomic E-state index is 0.00296. The number of rotatable bonds is 1. The lowest BCUT2D eigenvalue weighted by Crippen LogP contribution is -2.27. The summed E-state index contributed by atoms with van der Waals surface area (Å²) in [4.78, 5) is 0. The van der Waals surface area contributed by atoms with Crippen LogP contribution in [0.4, 0.5) is 0 Å². The van der Waals surface area contributed by atoms with Crippen molar-refractivity contribution in [3.8, 4) is 5.75 Å². The van der Waals surface area contributed by atoms with E-state index in [1.54, 1.807) is 6.07 Å². The first kappa shape index (κ1) is 12.1. The van der Waals surface area contributed by atoms with Gasteiger partial charge in [0.25, 0.3) is 0 Å². The number of hydrogen-bond donors (Lipinski definition) is 2. The van der Waals surface area contributed by atoms with E-state index in [0.29, 0.717) is 5.75 Å². The van der Waals surface area contributed by atoms with Gasteiger partial charge in [-0.15, -0.1) is 0 Å². The quantitative estimate of drug-likeness (QED) is 0.743. The molecule has 0 aromatic heterocycles. The van der Waals surface area contributed by atoms with Crippen molar-refractivity contribution in [2.24, 2.45) is 11.1 Å². The van der Waals surface area contributed by atoms with Crippen LogP contribution >= 0.6 is 0 Å². The van der Waals surface area contributed by atoms with Crippen molar-refractivity contribution >= 4 is 0 Å². The molecule has 0 saturated carbocycles. The third-order valence-corrected chi connectivity index (χ3v) is 3.07. The lowest BCUT2D eigenvalue weighted by molar-refractivity contribution is 0.325. The summed E-state index contributed by atoms with van der Waals surface area (Å²) >= 11 is 0. The highest BCUT2D eigenvalue weighted by molar-refractivity contribution is 5.44. The molecule has 15 heavy (non-hydrogen) atoms. The topological polar surface area (TPSA) is 46.2 Å². The van der Waals surface area contributed by atoms with E-state index in [1.807, 2.05) is 19.9 Å². The third-order valence-electron chi connectivity index (χ3n) is 3.07. The first-order valence-electron chi connectivity index (χ1n) is 5.29. The molecule has 0 amide bonds. The SMILES string of the molecule is Cc1c(O)ccc(C(N)C(C)(C)C)c1C. The molecule has 0 aliphatic heterocycles. The van der Waals surface area contributed by atoms with Gasteiger partial charge in [0.05, 0.1) is 0 Å². The van der Waals surface area contributed by atoms with Crippen molar-refractivity contribution in [3.63, 3.8) is 0 Å². The van der Waals surface area contributed by atoms with Gasteiger partial charge in [-0.3, -0.25) is 0 Å². The molecule has 0 aliphatic carbocycles. The average Bonchev–Trinajstić information content (AvgIpc) is 2.12. The second kappa shape index (κ2) is 3.86. The maximum absolute atomic E-state index is 9.57. The fourth-order valence-corrected chi connectivity index (χ4v) is 1.63. The average molecular weight is 207 g/mol. The Balaban J connectivity index is 3.23. The zero-order valence-corrected chi connectivity index (χ0v) is 10.3. The highest BCUT2D eigenvalue weighted by Gasteiger charge is 2.24. The second-order valence-corrected chi connectivity index (χ2v) is 5.27. The van der Waals surface area contributed by atoms with E-state index in [2.05, 4.69) is 20.8 Å². The van der Waals surface area contributed by atoms with Gasteiger partial charge in [-0.25, -0.2) is 0 Å². The summed E-state index contributed by atoms with van der Waals surface area (Å²) in [5.74, 6) is 0.345. The molecule has 0 aliphatic rings. The number of phenolic OH excluding ortho intramolecular Hbond substituents is 1. The number of hydrogen-bond acceptors (Lipinski definition) is 2. The maximum Gasteiger partial charge on any atom is 0.118 e. The van der Waals surface area contributed by atoms with Gasteiger partial charge in [0.1, 0.15) is 5.75 Å². The summed E-state index contributed by atoms with van der Waals surface area (Å²) in [5, 5.41) is 9.57. The summed E-state index contributed by atoms with van der Waals surface area (Å²) < 4.78 is 0. The molecular formula is C13H21NO. The zero-order chi connectivity index (χ0) is 11.8. The van der Waals surface area contributed by atoms with Crippen LogP contribution in [0.1, 0.15) is 43.5 Å². The van der Waals surface area contributed by atoms with Gasteiger partial charge in [0.2, 0.25) is 0 Å². The van der Waals surface area contributed by atoms with Crippen molar-refractivity contribution in [2.75, 3.05) is 0 Å². The molecule has 0 spiro atoms. The van der Waals surface area contributed by atoms with Crippen LogP contribution in [0.25, 0.3) is 0 Å². The summed E-state index contributed by atoms with van der Waals surface area (Å²) in [6.45, 7) is 10.3. The maximum atomic E-state index is 9.57. The third kappa shape index (κ3) is 2.32. The lowest BCUT2D eigenvalue weighted by atomic mass is 9.81. The van der Waals surface area contributed by atoms with Crippen molar-refractivity contribution < 1.29 is 5.11 Å². The Kier molecular flexibility index (Phi) is 3.10. The summed E-state index contributed by atoms with van der Waals surface area (Å²) in [6, 6.07) is 3.65. The number of aromatic hydroxyl groups is 1. The fourth-order valence-electron chi connectivity index (χ4n) is 1.63. The first-order valence-corrected chi connectivity index (χ1v) is 5.29. The van der Waals surface area contributed by atoms with Crippen molar-refractivity contribution in [3.05, 3.63) is 28.8 Å². The molecule has 2 nitrogen and oxygen atoms in total. The molecule has 84 valence electrons. The molecule has 0 heterocycles. The predicted octanol–water partition coefficient (Wildman–Crippen LogP) is 3.05. The van der Waals surface area contributed by atoms with Gasteiger partial charge in [-0.05, 0) is 42.0 Å². The number of phenols is 1. The van der Waals surface area contributed by atoms with Crippen LogP contribution in [0.5, 0.6) is 5.75 Å². The molecule has 0 fully saturated rings. The molecule has 1 atom stereocenters. The van der Waals surface area contributed by atoms with E-state index in [0.717, 1.165) is 16.7 Å². The predicted molar refractivity (Wildman–Crippen MR) is 64.0 cm³/mol. The standard InChI is InChI=1S/C13H21NO/c1-8-9(2)11(15)7-6-10(8)12(14)13(3,4)5/h6-7,12,15H,14H2,1-5H3. The van der Waals surface area contributed by atoms with Crippen LogP contribution in [-0.4, -0.2) is 5.11 Å². The Morgan fingerprint density at radius 3 is 2.13 bits per heavy atom. The fraction of sp³-hybridized carbons (Fsp3) is 0.538. The van der Waals surface area contributed by atoms with Crippen LogP contribution in [0.2, 0.25) is 0 Å². The molecule has 3 N–H and O–H groups in total. The summed E-state index contributed by atoms with van der Waals surface area (Å²) in [6.07, 6.45) is 0. The molecule has 1 rings (SSSR count). The zero-order valence-electron chi connectivity index (χ0n) is 10.3. The Bertz CT molecular complexity index is 364. The molecule has 0 radical (unpaired) electrons. The second-order valence-electron chi connectivity index (χ2n) is 5.27. The van der Waals surface area contributed by atoms with Gasteiger partial charge in [0.15, 0.2) is 0 Å². The van der Waals surface area contributed by atoms with E-state index in [-0.39, 0.29) is 11.5 Å². The van der Waals surface area contributed by atoms with Gasteiger partial charge in [-0.1, -0.05) is 26.8 Å². The molecule has 0 saturated heterocycles. The van der Waals surface area contributed by atoms with Crippen LogP contribution in [0, 0.1) is 19.3 Å². The van der Waals surface area contributed by atoms with Crippen molar-refractivity contribution in [1.29, 1.82) is 0 Å². The molecule has 0 bridgehead atoms. The van der Waals surface area contributed by atoms with E-state index < -0.39 is 0 Å². The van der Waals surface area contributed by atoms with E-state index in [1.165, 1.54) is 0 Å². The number of nitrogens with two attached hydrogens (primary N) is 1. The minimum atomic E-state index is -0.00296. The summed E-state index contributed by atoms with van der Waals surface area (Å²) in [5.41, 5.74) is 9.39. The van der Waals surface area contributed by atoms with Gasteiger partial charge < -0.3 is 10.8 Å². The monoisotopic (exact) mass is 207 g/mol. The minimum Gasteiger partial charge on any atom is -0.508 e. The van der Waals surface area contributed by atoms with E-state index in [4.69, 9.17) is 5.73 Å². The van der Waals surface area contributed by atoms with Crippen molar-refractivity contribution in [2.45, 2.75) is 40.7 Å². The summed E-state index contributed by atoms with van der Waals surface area (Å²) in [7, 11) is 0. The van der Waals surface area contributed by atoms with Crippen LogP contribution < -0.4 is 5.73 Å². The highest BCUT2D eigenvalue weighted by Crippen LogP contribution is 2.34. The Hall–Kier alpha value is -1.02. The normalized spacial score (nSPS) is 14.0. The van der Waals surface area contributed by atoms with Crippen LogP contribution in [0.15, 0.2) is 12.1 Å². The Morgan fingerprint density at radius 1 is 1.13 bits per heavy atom. The molecule has 2 heteroatoms. The van der Waals surface area contributed by atoms with Crippen LogP contribution in [-0.2, 0) is 0 Å². The largest absolute Gasteiger partial charge is 0.508 e. The van der Waals surface area contributed by atoms with Crippen LogP contribution in [0.3, 0.4) is 0 Å². The highest BCUT2D eigenvalue weighted by atomic mass is 16.3. The first-order chi connectivity index (χ1) is 6.75. The Morgan fingerprint density at radius 2 is 1.67 bits per heavy atom. The Labute approximate surface area is 92.1 Å². The molecular weight excluding hydrogens is 186 g/mol. The molecule has 1 aromatic carbocycles. The van der Waals surface area contributed by atoms with Gasteiger partial charge in [-0.2, -0.15) is 0 Å². The van der Waals surface area contributed by atoms with E-state index in [9.17, 15) is 5.11 Å². The molecule has 1 unspecified atom stereocenters. The molecule has 1 aromatic rings. The van der Waals surface area contributed by atoms with Gasteiger partial charge in [0, 0.05) is 6.04 Å². The van der Waals surface area contributed by atoms with Gasteiger partial charge >= 0.3 is 0 Å². The smallest absolute Gasteiger partial charge is 0.118 e. The van der Waals surface area contributed by atoms with Crippen molar-refractivity contribution in [1.82, 2.24) is 0 Å².